The van der Waals surface area contributed by atoms with E-state index in [1.54, 1.807) is 18.2 Å². The second-order valence-electron chi connectivity index (χ2n) is 5.99. The van der Waals surface area contributed by atoms with E-state index in [2.05, 4.69) is 5.32 Å². The van der Waals surface area contributed by atoms with Gasteiger partial charge < -0.3 is 14.8 Å². The lowest BCUT2D eigenvalue weighted by molar-refractivity contribution is -0.138. The van der Waals surface area contributed by atoms with Crippen LogP contribution in [0, 0.1) is 0 Å². The van der Waals surface area contributed by atoms with Crippen molar-refractivity contribution in [2.45, 2.75) is 19.9 Å². The van der Waals surface area contributed by atoms with Gasteiger partial charge in [-0.15, -0.1) is 11.3 Å². The summed E-state index contributed by atoms with van der Waals surface area (Å²) < 4.78 is 10.7. The maximum absolute atomic E-state index is 12.8. The molecule has 2 aliphatic heterocycles. The molecule has 0 radical (unpaired) electrons. The third-order valence-electron chi connectivity index (χ3n) is 4.04. The van der Waals surface area contributed by atoms with Crippen molar-refractivity contribution in [3.8, 4) is 11.5 Å². The highest BCUT2D eigenvalue weighted by Crippen LogP contribution is 2.37. The Morgan fingerprint density at radius 1 is 1.12 bits per heavy atom. The number of thiophene rings is 1. The van der Waals surface area contributed by atoms with Gasteiger partial charge in [-0.3, -0.25) is 14.5 Å². The minimum absolute atomic E-state index is 0.181. The van der Waals surface area contributed by atoms with Crippen molar-refractivity contribution in [1.29, 1.82) is 0 Å². The van der Waals surface area contributed by atoms with E-state index >= 15 is 0 Å². The predicted octanol–water partition coefficient (Wildman–Crippen LogP) is 3.08. The summed E-state index contributed by atoms with van der Waals surface area (Å²) in [5, 5.41) is 5.00. The number of nitrogens with one attached hydrogen (secondary N) is 1. The largest absolute Gasteiger partial charge is 0.454 e. The molecule has 0 unspecified atom stereocenters. The molecule has 4 rings (SSSR count). The molecule has 7 heteroatoms. The third-order valence-corrected chi connectivity index (χ3v) is 4.93. The van der Waals surface area contributed by atoms with Crippen molar-refractivity contribution in [3.05, 3.63) is 46.3 Å². The second kappa shape index (κ2) is 5.93. The first kappa shape index (κ1) is 15.7. The van der Waals surface area contributed by atoms with Crippen LogP contribution in [0.4, 0.5) is 5.69 Å². The van der Waals surface area contributed by atoms with E-state index in [4.69, 9.17) is 9.47 Å². The first-order valence-corrected chi connectivity index (χ1v) is 8.77. The Hall–Kier alpha value is -2.80. The van der Waals surface area contributed by atoms with E-state index in [1.807, 2.05) is 31.4 Å². The van der Waals surface area contributed by atoms with Crippen LogP contribution >= 0.6 is 11.3 Å². The minimum Gasteiger partial charge on any atom is -0.454 e. The van der Waals surface area contributed by atoms with Gasteiger partial charge in [0.25, 0.3) is 11.8 Å². The highest BCUT2D eigenvalue weighted by molar-refractivity contribution is 7.11. The Morgan fingerprint density at radius 3 is 2.64 bits per heavy atom. The summed E-state index contributed by atoms with van der Waals surface area (Å²) in [6, 6.07) is 8.82. The Balaban J connectivity index is 1.75. The molecule has 1 aromatic carbocycles. The van der Waals surface area contributed by atoms with Gasteiger partial charge in [-0.2, -0.15) is 0 Å². The standard InChI is InChI=1S/C18H16N2O4S/c1-10(2)20-17(21)15(14-4-3-7-25-14)16(18(20)22)19-11-5-6-12-13(8-11)24-9-23-12/h3-8,10,19H,9H2,1-2H3. The van der Waals surface area contributed by atoms with Crippen LogP contribution < -0.4 is 14.8 Å². The van der Waals surface area contributed by atoms with Crippen LogP contribution in [0.15, 0.2) is 41.4 Å². The normalized spacial score (nSPS) is 16.4. The molecule has 1 aromatic heterocycles. The number of hydrogen-bond donors (Lipinski definition) is 1. The van der Waals surface area contributed by atoms with Gasteiger partial charge in [-0.25, -0.2) is 0 Å². The van der Waals surface area contributed by atoms with Gasteiger partial charge in [0.05, 0.1) is 5.57 Å². The molecule has 2 aliphatic rings. The number of carbonyl (C=O) groups is 2. The molecule has 128 valence electrons. The van der Waals surface area contributed by atoms with Gasteiger partial charge in [0.2, 0.25) is 6.79 Å². The van der Waals surface area contributed by atoms with Crippen LogP contribution in [0.25, 0.3) is 5.57 Å². The molecule has 25 heavy (non-hydrogen) atoms. The quantitative estimate of drug-likeness (QED) is 0.853. The Kier molecular flexibility index (Phi) is 3.73. The van der Waals surface area contributed by atoms with Crippen LogP contribution in [0.1, 0.15) is 18.7 Å². The number of fused-ring (bicyclic) bond motifs is 1. The van der Waals surface area contributed by atoms with Gasteiger partial charge in [-0.1, -0.05) is 6.07 Å². The zero-order valence-corrected chi connectivity index (χ0v) is 14.6. The molecule has 6 nitrogen and oxygen atoms in total. The summed E-state index contributed by atoms with van der Waals surface area (Å²) in [5.74, 6) is 0.683. The van der Waals surface area contributed by atoms with Crippen molar-refractivity contribution < 1.29 is 19.1 Å². The van der Waals surface area contributed by atoms with Gasteiger partial charge >= 0.3 is 0 Å². The second-order valence-corrected chi connectivity index (χ2v) is 6.94. The van der Waals surface area contributed by atoms with Crippen molar-refractivity contribution in [1.82, 2.24) is 4.90 Å². The van der Waals surface area contributed by atoms with E-state index in [9.17, 15) is 9.59 Å². The zero-order valence-electron chi connectivity index (χ0n) is 13.7. The van der Waals surface area contributed by atoms with E-state index < -0.39 is 0 Å². The highest BCUT2D eigenvalue weighted by Gasteiger charge is 2.41. The Morgan fingerprint density at radius 2 is 1.92 bits per heavy atom. The maximum atomic E-state index is 12.8. The number of rotatable bonds is 4. The lowest BCUT2D eigenvalue weighted by Gasteiger charge is -2.19. The first-order valence-electron chi connectivity index (χ1n) is 7.89. The average Bonchev–Trinajstić information content (AvgIpc) is 3.28. The van der Waals surface area contributed by atoms with Crippen LogP contribution in [0.3, 0.4) is 0 Å². The summed E-state index contributed by atoms with van der Waals surface area (Å²) in [6.45, 7) is 3.83. The molecule has 0 saturated heterocycles. The number of anilines is 1. The number of nitrogens with zero attached hydrogens (tertiary/aromatic N) is 1. The topological polar surface area (TPSA) is 67.9 Å². The van der Waals surface area contributed by atoms with Crippen LogP contribution in [-0.4, -0.2) is 29.5 Å². The van der Waals surface area contributed by atoms with Gasteiger partial charge in [0.15, 0.2) is 11.5 Å². The van der Waals surface area contributed by atoms with E-state index in [-0.39, 0.29) is 24.6 Å². The molecule has 0 spiro atoms. The summed E-state index contributed by atoms with van der Waals surface area (Å²) in [5.41, 5.74) is 1.37. The first-order chi connectivity index (χ1) is 12.1. The lowest BCUT2D eigenvalue weighted by Crippen LogP contribution is -2.38. The molecule has 0 atom stereocenters. The molecule has 3 heterocycles. The monoisotopic (exact) mass is 356 g/mol. The molecule has 0 saturated carbocycles. The number of amides is 2. The number of ether oxygens (including phenoxy) is 2. The fraction of sp³-hybridized carbons (Fsp3) is 0.222. The number of carbonyl (C=O) groups excluding carboxylic acids is 2. The molecule has 0 aliphatic carbocycles. The molecule has 2 aromatic rings. The Bertz CT molecular complexity index is 886. The van der Waals surface area contributed by atoms with Crippen LogP contribution in [0.2, 0.25) is 0 Å². The van der Waals surface area contributed by atoms with Crippen LogP contribution in [-0.2, 0) is 9.59 Å². The van der Waals surface area contributed by atoms with Crippen molar-refractivity contribution in [2.75, 3.05) is 12.1 Å². The molecular weight excluding hydrogens is 340 g/mol. The maximum Gasteiger partial charge on any atom is 0.278 e. The van der Waals surface area contributed by atoms with Gasteiger partial charge in [0.1, 0.15) is 5.70 Å². The average molecular weight is 356 g/mol. The molecule has 2 amide bonds. The molecule has 0 bridgehead atoms. The summed E-state index contributed by atoms with van der Waals surface area (Å²) in [7, 11) is 0. The smallest absolute Gasteiger partial charge is 0.278 e. The van der Waals surface area contributed by atoms with E-state index in [0.29, 0.717) is 28.5 Å². The fourth-order valence-electron chi connectivity index (χ4n) is 2.90. The summed E-state index contributed by atoms with van der Waals surface area (Å²) in [4.78, 5) is 27.7. The van der Waals surface area contributed by atoms with Crippen molar-refractivity contribution in [2.24, 2.45) is 0 Å². The third kappa shape index (κ3) is 2.56. The summed E-state index contributed by atoms with van der Waals surface area (Å²) >= 11 is 1.43. The highest BCUT2D eigenvalue weighted by atomic mass is 32.1. The molecule has 0 fully saturated rings. The number of hydrogen-bond acceptors (Lipinski definition) is 6. The number of benzene rings is 1. The fourth-order valence-corrected chi connectivity index (χ4v) is 3.67. The summed E-state index contributed by atoms with van der Waals surface area (Å²) in [6.07, 6.45) is 0. The van der Waals surface area contributed by atoms with E-state index in [1.165, 1.54) is 16.2 Å². The lowest BCUT2D eigenvalue weighted by atomic mass is 10.1. The van der Waals surface area contributed by atoms with Crippen molar-refractivity contribution >= 4 is 34.4 Å². The van der Waals surface area contributed by atoms with Crippen molar-refractivity contribution in [3.63, 3.8) is 0 Å². The Labute approximate surface area is 148 Å². The molecular formula is C18H16N2O4S. The SMILES string of the molecule is CC(C)N1C(=O)C(Nc2ccc3c(c2)OCO3)=C(c2cccs2)C1=O. The predicted molar refractivity (Wildman–Crippen MR) is 94.4 cm³/mol. The minimum atomic E-state index is -0.318. The van der Waals surface area contributed by atoms with E-state index in [0.717, 1.165) is 4.88 Å². The number of imide groups is 1. The van der Waals surface area contributed by atoms with Crippen LogP contribution in [0.5, 0.6) is 11.5 Å². The zero-order chi connectivity index (χ0) is 17.6. The van der Waals surface area contributed by atoms with Gasteiger partial charge in [-0.05, 0) is 37.4 Å². The van der Waals surface area contributed by atoms with Gasteiger partial charge in [0, 0.05) is 22.7 Å². The molecule has 1 N–H and O–H groups in total.